The third kappa shape index (κ3) is 28.2. The second-order valence-corrected chi connectivity index (χ2v) is 33.3. The summed E-state index contributed by atoms with van der Waals surface area (Å²) in [6.45, 7) is 2.04. The van der Waals surface area contributed by atoms with E-state index in [2.05, 4.69) is 0 Å². The van der Waals surface area contributed by atoms with E-state index in [1.807, 2.05) is 364 Å². The number of methoxy groups -OCH3 is 1. The molecule has 0 radical (unpaired) electrons. The summed E-state index contributed by atoms with van der Waals surface area (Å²) in [5.74, 6) is -0.522. The van der Waals surface area contributed by atoms with Crippen molar-refractivity contribution in [2.24, 2.45) is 0 Å². The number of carbonyl (C=O) groups excluding carboxylic acids is 1. The normalized spacial score (nSPS) is 25.3. The highest BCUT2D eigenvalue weighted by Crippen LogP contribution is 2.40. The van der Waals surface area contributed by atoms with Crippen LogP contribution in [0.3, 0.4) is 0 Å². The van der Waals surface area contributed by atoms with Crippen molar-refractivity contribution in [3.63, 3.8) is 0 Å². The molecule has 4 aliphatic rings. The van der Waals surface area contributed by atoms with Gasteiger partial charge in [-0.1, -0.05) is 364 Å². The van der Waals surface area contributed by atoms with Crippen molar-refractivity contribution in [1.82, 2.24) is 0 Å². The summed E-state index contributed by atoms with van der Waals surface area (Å²) in [5.41, 5.74) is 10.7. The average molecular weight is 1800 g/mol. The number of hydrogen-bond acceptors (Lipinski definition) is 22. The molecule has 22 heteroatoms. The van der Waals surface area contributed by atoms with Crippen molar-refractivity contribution < 1.29 is 104 Å². The molecule has 4 fully saturated rings. The predicted octanol–water partition coefficient (Wildman–Crippen LogP) is 18.2. The van der Waals surface area contributed by atoms with Crippen molar-refractivity contribution in [3.8, 4) is 0 Å². The second kappa shape index (κ2) is 51.1. The lowest BCUT2D eigenvalue weighted by molar-refractivity contribution is -0.367. The van der Waals surface area contributed by atoms with Gasteiger partial charge in [0, 0.05) is 14.0 Å². The summed E-state index contributed by atoms with van der Waals surface area (Å²) < 4.78 is 151. The van der Waals surface area contributed by atoms with Gasteiger partial charge >= 0.3 is 5.97 Å². The Morgan fingerprint density at radius 1 is 0.188 bits per heavy atom. The zero-order valence-electron chi connectivity index (χ0n) is 75.0. The molecule has 12 aromatic rings. The Balaban J connectivity index is 0.792. The fourth-order valence-electron chi connectivity index (χ4n) is 16.9. The van der Waals surface area contributed by atoms with E-state index >= 15 is 0 Å². The van der Waals surface area contributed by atoms with E-state index in [1.54, 1.807) is 7.11 Å². The summed E-state index contributed by atoms with van der Waals surface area (Å²) in [4.78, 5) is 13.1. The minimum absolute atomic E-state index is 0.0835. The topological polar surface area (TPSA) is 211 Å². The summed E-state index contributed by atoms with van der Waals surface area (Å²) in [6, 6.07) is 119. The monoisotopic (exact) mass is 1800 g/mol. The molecule has 0 spiro atoms. The zero-order valence-corrected chi connectivity index (χ0v) is 75.0. The summed E-state index contributed by atoms with van der Waals surface area (Å²) in [7, 11) is 1.59. The molecule has 4 heterocycles. The first-order valence-electron chi connectivity index (χ1n) is 45.7. The lowest BCUT2D eigenvalue weighted by atomic mass is 9.96. The summed E-state index contributed by atoms with van der Waals surface area (Å²) in [5, 5.41) is 0. The molecule has 22 nitrogen and oxygen atoms in total. The molecule has 0 N–H and O–H groups in total. The van der Waals surface area contributed by atoms with E-state index in [0.29, 0.717) is 0 Å². The van der Waals surface area contributed by atoms with Crippen LogP contribution in [0.5, 0.6) is 0 Å². The highest BCUT2D eigenvalue weighted by Gasteiger charge is 2.56. The highest BCUT2D eigenvalue weighted by atomic mass is 16.8. The fraction of sp³-hybridized carbons (Fsp3) is 0.342. The first-order valence-corrected chi connectivity index (χ1v) is 45.7. The Morgan fingerprint density at radius 2 is 0.331 bits per heavy atom. The van der Waals surface area contributed by atoms with Crippen LogP contribution < -0.4 is 0 Å². The number of esters is 1. The van der Waals surface area contributed by atoms with E-state index in [1.165, 1.54) is 6.92 Å². The minimum atomic E-state index is -1.34. The molecule has 0 aliphatic carbocycles. The third-order valence-electron chi connectivity index (χ3n) is 23.7. The van der Waals surface area contributed by atoms with Crippen molar-refractivity contribution in [2.45, 2.75) is 209 Å². The van der Waals surface area contributed by atoms with E-state index in [0.717, 1.165) is 66.8 Å². The molecule has 4 aliphatic heterocycles. The van der Waals surface area contributed by atoms with Gasteiger partial charge in [0.1, 0.15) is 104 Å². The summed E-state index contributed by atoms with van der Waals surface area (Å²) in [6.07, 6.45) is -20.5. The van der Waals surface area contributed by atoms with Crippen LogP contribution in [0, 0.1) is 0 Å². The van der Waals surface area contributed by atoms with Crippen molar-refractivity contribution >= 4 is 5.97 Å². The number of benzene rings is 12. The van der Waals surface area contributed by atoms with Gasteiger partial charge in [-0.25, -0.2) is 0 Å². The van der Waals surface area contributed by atoms with Crippen molar-refractivity contribution in [2.75, 3.05) is 33.5 Å². The molecular formula is C111H118O22. The zero-order chi connectivity index (χ0) is 90.6. The van der Waals surface area contributed by atoms with Crippen LogP contribution >= 0.6 is 0 Å². The molecule has 0 aromatic heterocycles. The third-order valence-corrected chi connectivity index (χ3v) is 23.7. The van der Waals surface area contributed by atoms with Crippen LogP contribution in [0.4, 0.5) is 0 Å². The maximum absolute atomic E-state index is 13.1. The largest absolute Gasteiger partial charge is 0.463 e. The van der Waals surface area contributed by atoms with Crippen molar-refractivity contribution in [1.29, 1.82) is 0 Å². The quantitative estimate of drug-likeness (QED) is 0.0324. The van der Waals surface area contributed by atoms with Gasteiger partial charge < -0.3 is 99.5 Å². The van der Waals surface area contributed by atoms with Crippen LogP contribution in [-0.4, -0.2) is 162 Å². The van der Waals surface area contributed by atoms with Gasteiger partial charge in [0.15, 0.2) is 25.2 Å². The Kier molecular flexibility index (Phi) is 36.7. The molecule has 0 unspecified atom stereocenters. The lowest BCUT2D eigenvalue weighted by Gasteiger charge is -2.49. The Labute approximate surface area is 779 Å². The highest BCUT2D eigenvalue weighted by molar-refractivity contribution is 5.65. The average Bonchev–Trinajstić information content (AvgIpc) is 0.779. The van der Waals surface area contributed by atoms with Gasteiger partial charge in [0.25, 0.3) is 0 Å². The maximum Gasteiger partial charge on any atom is 0.302 e. The van der Waals surface area contributed by atoms with Crippen LogP contribution in [-0.2, 0) is 184 Å². The number of ether oxygens (including phenoxy) is 21. The standard InChI is InChI=1S/C111H118O22/c1-79(112)114-75-92-96(115-63-80-39-15-3-16-40-80)101(120-68-85-49-25-8-26-50-85)105(124-72-89-57-33-12-34-58-89)109(131-92)128-77-94-98(117-65-82-43-19-5-20-44-82)103(122-70-87-53-29-10-30-54-87)107(126-74-91-61-37-14-38-62-91)111(133-94)129-78-95-99(118-66-83-45-21-6-22-46-83)102(121-69-86-51-27-9-28-52-86)106(125-73-90-59-35-13-36-60-90)110(132-95)127-76-93-97(116-64-81-41-17-4-18-42-81)100(119-67-84-47-23-7-24-48-84)104(108(113-2)130-93)123-71-88-55-31-11-32-56-88/h3-62,92-111H,63-78H2,1-2H3/t92-,93-,94-,95-,96-,97-,98-,99-,100+,101+,102+,103+,104-,105-,106-,107-,108+,109+,110+,111+/m1/s1. The Morgan fingerprint density at radius 3 is 0.496 bits per heavy atom. The molecule has 0 bridgehead atoms. The van der Waals surface area contributed by atoms with E-state index in [9.17, 15) is 4.79 Å². The van der Waals surface area contributed by atoms with Gasteiger partial charge in [-0.05, 0) is 66.8 Å². The molecule has 4 saturated heterocycles. The predicted molar refractivity (Wildman–Crippen MR) is 496 cm³/mol. The van der Waals surface area contributed by atoms with Crippen LogP contribution in [0.2, 0.25) is 0 Å². The number of rotatable bonds is 48. The smallest absolute Gasteiger partial charge is 0.302 e. The number of carbonyl (C=O) groups is 1. The van der Waals surface area contributed by atoms with E-state index in [-0.39, 0.29) is 106 Å². The van der Waals surface area contributed by atoms with Gasteiger partial charge in [-0.2, -0.15) is 0 Å². The molecule has 694 valence electrons. The molecule has 20 atom stereocenters. The first-order chi connectivity index (χ1) is 65.7. The second-order valence-electron chi connectivity index (χ2n) is 33.3. The van der Waals surface area contributed by atoms with Crippen molar-refractivity contribution in [3.05, 3.63) is 431 Å². The van der Waals surface area contributed by atoms with Crippen LogP contribution in [0.25, 0.3) is 0 Å². The lowest BCUT2D eigenvalue weighted by Crippen LogP contribution is -2.65. The van der Waals surface area contributed by atoms with Crippen LogP contribution in [0.1, 0.15) is 73.7 Å². The molecule has 12 aromatic carbocycles. The maximum atomic E-state index is 13.1. The van der Waals surface area contributed by atoms with Gasteiger partial charge in [-0.3, -0.25) is 4.79 Å². The van der Waals surface area contributed by atoms with Gasteiger partial charge in [0.2, 0.25) is 0 Å². The molecule has 0 saturated carbocycles. The number of hydrogen-bond donors (Lipinski definition) is 0. The Bertz CT molecular complexity index is 5220. The Hall–Kier alpha value is -10.7. The van der Waals surface area contributed by atoms with Gasteiger partial charge in [-0.15, -0.1) is 0 Å². The molecular weight excluding hydrogens is 1690 g/mol. The van der Waals surface area contributed by atoms with Crippen LogP contribution in [0.15, 0.2) is 364 Å². The summed E-state index contributed by atoms with van der Waals surface area (Å²) >= 11 is 0. The molecule has 16 rings (SSSR count). The molecule has 0 amide bonds. The SMILES string of the molecule is CO[C@H]1O[C@H](CO[C@H]2O[C@H](CO[C@H]3O[C@H](CO[C@H]4O[C@H](COC(C)=O)[C@@H](OCc5ccccc5)[C@H](OCc5ccccc5)[C@H]4OCc4ccccc4)[C@@H](OCc4ccccc4)[C@H](OCc4ccccc4)[C@H]3OCc3ccccc3)[C@@H](OCc3ccccc3)[C@H](OCc3ccccc3)[C@H]2OCc2ccccc2)[C@@H](OCc2ccccc2)[C@H](OCc2ccccc2)[C@H]1OCc1ccccc1. The van der Waals surface area contributed by atoms with E-state index < -0.39 is 129 Å². The minimum Gasteiger partial charge on any atom is -0.463 e. The first kappa shape index (κ1) is 95.5. The van der Waals surface area contributed by atoms with E-state index in [4.69, 9.17) is 99.5 Å². The molecule has 133 heavy (non-hydrogen) atoms. The fourth-order valence-corrected chi connectivity index (χ4v) is 16.9. The van der Waals surface area contributed by atoms with Gasteiger partial charge in [0.05, 0.1) is 99.1 Å².